The third kappa shape index (κ3) is 6.05. The molecule has 6 rings (SSSR count). The number of hydrogen-bond donors (Lipinski definition) is 3. The van der Waals surface area contributed by atoms with Crippen LogP contribution in [0, 0.1) is 12.7 Å². The summed E-state index contributed by atoms with van der Waals surface area (Å²) in [6, 6.07) is 9.67. The molecule has 0 bridgehead atoms. The van der Waals surface area contributed by atoms with Crippen molar-refractivity contribution in [2.45, 2.75) is 46.3 Å². The van der Waals surface area contributed by atoms with Gasteiger partial charge in [0.15, 0.2) is 5.82 Å². The summed E-state index contributed by atoms with van der Waals surface area (Å²) in [5, 5.41) is 16.7. The van der Waals surface area contributed by atoms with E-state index < -0.39 is 23.6 Å². The first kappa shape index (κ1) is 30.1. The molecular formula is C33H35FN6O5. The first-order valence-corrected chi connectivity index (χ1v) is 14.7. The Balaban J connectivity index is 1.46. The van der Waals surface area contributed by atoms with Gasteiger partial charge in [0.2, 0.25) is 5.88 Å². The third-order valence-electron chi connectivity index (χ3n) is 7.89. The molecule has 2 aromatic carbocycles. The Morgan fingerprint density at radius 3 is 2.62 bits per heavy atom. The summed E-state index contributed by atoms with van der Waals surface area (Å²) in [5.41, 5.74) is 3.70. The van der Waals surface area contributed by atoms with Gasteiger partial charge in [0.05, 0.1) is 12.2 Å². The maximum Gasteiger partial charge on any atom is 0.412 e. The first-order chi connectivity index (χ1) is 21.4. The van der Waals surface area contributed by atoms with Crippen LogP contribution >= 0.6 is 0 Å². The van der Waals surface area contributed by atoms with E-state index in [1.165, 1.54) is 23.5 Å². The molecule has 0 radical (unpaired) electrons. The standard InChI is InChI=1S/C33H35FN6O5/c1-18-24(15-36-30-29(18)40(32(42)43)10-11-44-30)23-13-20-14-26(37-22-7-6-19-8-9-39(5)17-21(19)12-22)35-16-25(20)28(27(23)34)38-31(41)45-33(2,3)4/h6-7,12-16H,8-11,17H2,1-5H3,(H,35,37)(H,38,41)(H,42,43). The second-order valence-corrected chi connectivity index (χ2v) is 12.4. The summed E-state index contributed by atoms with van der Waals surface area (Å²) in [7, 11) is 2.10. The quantitative estimate of drug-likeness (QED) is 0.230. The number of amides is 2. The zero-order valence-electron chi connectivity index (χ0n) is 25.8. The van der Waals surface area contributed by atoms with Crippen molar-refractivity contribution in [1.29, 1.82) is 0 Å². The highest BCUT2D eigenvalue weighted by Crippen LogP contribution is 2.42. The minimum absolute atomic E-state index is 0.111. The van der Waals surface area contributed by atoms with Gasteiger partial charge in [0.25, 0.3) is 0 Å². The van der Waals surface area contributed by atoms with Crippen molar-refractivity contribution in [2.75, 3.05) is 42.3 Å². The van der Waals surface area contributed by atoms with E-state index in [0.717, 1.165) is 30.1 Å². The number of carboxylic acid groups (broad SMARTS) is 1. The number of rotatable bonds is 4. The van der Waals surface area contributed by atoms with Crippen molar-refractivity contribution in [3.8, 4) is 17.0 Å². The normalized spacial score (nSPS) is 14.8. The molecule has 12 heteroatoms. The molecule has 0 spiro atoms. The van der Waals surface area contributed by atoms with Crippen molar-refractivity contribution in [3.63, 3.8) is 0 Å². The molecule has 2 aliphatic rings. The van der Waals surface area contributed by atoms with Crippen LogP contribution in [0.25, 0.3) is 21.9 Å². The maximum absolute atomic E-state index is 16.5. The van der Waals surface area contributed by atoms with Crippen molar-refractivity contribution in [3.05, 3.63) is 65.2 Å². The van der Waals surface area contributed by atoms with Crippen LogP contribution in [0.5, 0.6) is 5.88 Å². The molecule has 11 nitrogen and oxygen atoms in total. The fourth-order valence-corrected chi connectivity index (χ4v) is 5.79. The highest BCUT2D eigenvalue weighted by atomic mass is 19.1. The number of aromatic nitrogens is 2. The zero-order valence-corrected chi connectivity index (χ0v) is 25.8. The molecule has 3 N–H and O–H groups in total. The van der Waals surface area contributed by atoms with Gasteiger partial charge < -0.3 is 24.8 Å². The van der Waals surface area contributed by atoms with E-state index in [4.69, 9.17) is 9.47 Å². The van der Waals surface area contributed by atoms with E-state index in [-0.39, 0.29) is 36.0 Å². The van der Waals surface area contributed by atoms with Crippen molar-refractivity contribution in [2.24, 2.45) is 0 Å². The highest BCUT2D eigenvalue weighted by Gasteiger charge is 2.30. The molecule has 0 atom stereocenters. The lowest BCUT2D eigenvalue weighted by Crippen LogP contribution is -2.37. The lowest BCUT2D eigenvalue weighted by atomic mass is 9.96. The lowest BCUT2D eigenvalue weighted by molar-refractivity contribution is 0.0635. The highest BCUT2D eigenvalue weighted by molar-refractivity contribution is 6.04. The van der Waals surface area contributed by atoms with E-state index in [2.05, 4.69) is 44.7 Å². The molecule has 0 fully saturated rings. The van der Waals surface area contributed by atoms with Gasteiger partial charge >= 0.3 is 12.2 Å². The Morgan fingerprint density at radius 2 is 1.87 bits per heavy atom. The maximum atomic E-state index is 16.5. The van der Waals surface area contributed by atoms with Gasteiger partial charge in [-0.2, -0.15) is 0 Å². The van der Waals surface area contributed by atoms with Crippen LogP contribution in [0.1, 0.15) is 37.5 Å². The average molecular weight is 615 g/mol. The molecule has 45 heavy (non-hydrogen) atoms. The van der Waals surface area contributed by atoms with Crippen molar-refractivity contribution >= 4 is 45.8 Å². The number of halogens is 1. The number of carbonyl (C=O) groups excluding carboxylic acids is 1. The summed E-state index contributed by atoms with van der Waals surface area (Å²) in [4.78, 5) is 37.2. The number of nitrogens with zero attached hydrogens (tertiary/aromatic N) is 4. The number of nitrogens with one attached hydrogen (secondary N) is 2. The van der Waals surface area contributed by atoms with Gasteiger partial charge in [-0.1, -0.05) is 6.07 Å². The fraction of sp³-hybridized carbons (Fsp3) is 0.333. The lowest BCUT2D eigenvalue weighted by Gasteiger charge is -2.29. The number of hydrogen-bond acceptors (Lipinski definition) is 8. The zero-order chi connectivity index (χ0) is 32.0. The summed E-state index contributed by atoms with van der Waals surface area (Å²) >= 11 is 0. The number of pyridine rings is 2. The summed E-state index contributed by atoms with van der Waals surface area (Å²) in [6.45, 7) is 8.99. The summed E-state index contributed by atoms with van der Waals surface area (Å²) in [6.07, 6.45) is 1.96. The van der Waals surface area contributed by atoms with Crippen molar-refractivity contribution in [1.82, 2.24) is 14.9 Å². The van der Waals surface area contributed by atoms with Crippen LogP contribution in [0.15, 0.2) is 42.7 Å². The van der Waals surface area contributed by atoms with Crippen LogP contribution in [-0.2, 0) is 17.7 Å². The Morgan fingerprint density at radius 1 is 1.07 bits per heavy atom. The molecule has 0 saturated heterocycles. The van der Waals surface area contributed by atoms with Gasteiger partial charge in [0, 0.05) is 47.7 Å². The Kier molecular flexibility index (Phi) is 7.69. The van der Waals surface area contributed by atoms with Crippen molar-refractivity contribution < 1.29 is 28.6 Å². The average Bonchev–Trinajstić information content (AvgIpc) is 2.97. The number of fused-ring (bicyclic) bond motifs is 3. The largest absolute Gasteiger partial charge is 0.474 e. The molecule has 0 unspecified atom stereocenters. The third-order valence-corrected chi connectivity index (χ3v) is 7.89. The molecule has 4 heterocycles. The second-order valence-electron chi connectivity index (χ2n) is 12.4. The minimum atomic E-state index is -1.16. The topological polar surface area (TPSA) is 129 Å². The fourth-order valence-electron chi connectivity index (χ4n) is 5.79. The minimum Gasteiger partial charge on any atom is -0.474 e. The molecule has 4 aromatic rings. The molecule has 0 saturated carbocycles. The first-order valence-electron chi connectivity index (χ1n) is 14.7. The predicted molar refractivity (Wildman–Crippen MR) is 170 cm³/mol. The van der Waals surface area contributed by atoms with E-state index in [9.17, 15) is 14.7 Å². The molecule has 2 amide bonds. The Hall–Kier alpha value is -4.97. The van der Waals surface area contributed by atoms with Crippen LogP contribution < -0.4 is 20.3 Å². The van der Waals surface area contributed by atoms with Crippen LogP contribution in [0.4, 0.5) is 36.9 Å². The summed E-state index contributed by atoms with van der Waals surface area (Å²) in [5.74, 6) is -0.0543. The van der Waals surface area contributed by atoms with E-state index >= 15 is 4.39 Å². The van der Waals surface area contributed by atoms with E-state index in [1.54, 1.807) is 39.8 Å². The number of anilines is 4. The molecule has 2 aromatic heterocycles. The Labute approximate surface area is 260 Å². The monoisotopic (exact) mass is 614 g/mol. The number of likely N-dealkylation sites (N-methyl/N-ethyl adjacent to an activating group) is 1. The van der Waals surface area contributed by atoms with E-state index in [0.29, 0.717) is 27.7 Å². The van der Waals surface area contributed by atoms with Crippen LogP contribution in [-0.4, -0.2) is 64.5 Å². The van der Waals surface area contributed by atoms with Gasteiger partial charge in [0.1, 0.15) is 23.7 Å². The molecule has 2 aliphatic heterocycles. The van der Waals surface area contributed by atoms with Crippen LogP contribution in [0.3, 0.4) is 0 Å². The Bertz CT molecular complexity index is 1840. The molecule has 0 aliphatic carbocycles. The number of ether oxygens (including phenoxy) is 2. The van der Waals surface area contributed by atoms with Gasteiger partial charge in [-0.25, -0.2) is 23.9 Å². The number of benzene rings is 2. The number of carbonyl (C=O) groups is 2. The van der Waals surface area contributed by atoms with Crippen LogP contribution in [0.2, 0.25) is 0 Å². The second kappa shape index (κ2) is 11.5. The predicted octanol–water partition coefficient (Wildman–Crippen LogP) is 6.70. The summed E-state index contributed by atoms with van der Waals surface area (Å²) < 4.78 is 27.5. The van der Waals surface area contributed by atoms with Gasteiger partial charge in [-0.3, -0.25) is 10.2 Å². The van der Waals surface area contributed by atoms with Gasteiger partial charge in [-0.05, 0) is 87.5 Å². The van der Waals surface area contributed by atoms with Gasteiger partial charge in [-0.15, -0.1) is 0 Å². The molecule has 234 valence electrons. The smallest absolute Gasteiger partial charge is 0.412 e. The molecular weight excluding hydrogens is 579 g/mol. The van der Waals surface area contributed by atoms with E-state index in [1.807, 2.05) is 6.07 Å². The SMILES string of the molecule is Cc1c(-c2cc3cc(Nc4ccc5c(c4)CN(C)CC5)ncc3c(NC(=O)OC(C)(C)C)c2F)cnc2c1N(C(=O)O)CCO2.